The second-order valence-corrected chi connectivity index (χ2v) is 7.61. The van der Waals surface area contributed by atoms with E-state index < -0.39 is 47.6 Å². The molecule has 176 valence electrons. The average molecular weight is 462 g/mol. The van der Waals surface area contributed by atoms with Crippen LogP contribution >= 0.6 is 0 Å². The maximum absolute atomic E-state index is 13.3. The van der Waals surface area contributed by atoms with E-state index in [1.807, 2.05) is 0 Å². The van der Waals surface area contributed by atoms with Crippen LogP contribution in [0.5, 0.6) is 28.7 Å². The van der Waals surface area contributed by atoms with Crippen LogP contribution in [0.2, 0.25) is 0 Å². The Morgan fingerprint density at radius 2 is 1.67 bits per heavy atom. The summed E-state index contributed by atoms with van der Waals surface area (Å²) in [4.78, 5) is 13.3. The molecule has 0 spiro atoms. The van der Waals surface area contributed by atoms with E-state index in [4.69, 9.17) is 18.6 Å². The minimum Gasteiger partial charge on any atom is -0.508 e. The summed E-state index contributed by atoms with van der Waals surface area (Å²) in [5, 5.41) is 60.0. The van der Waals surface area contributed by atoms with Crippen LogP contribution in [0, 0.1) is 0 Å². The van der Waals surface area contributed by atoms with Gasteiger partial charge in [-0.15, -0.1) is 0 Å². The molecule has 0 radical (unpaired) electrons. The molecule has 0 bridgehead atoms. The fourth-order valence-corrected chi connectivity index (χ4v) is 3.61. The molecule has 3 aromatic rings. The highest BCUT2D eigenvalue weighted by Crippen LogP contribution is 2.39. The summed E-state index contributed by atoms with van der Waals surface area (Å²) < 4.78 is 21.9. The van der Waals surface area contributed by atoms with Crippen LogP contribution in [-0.4, -0.2) is 68.5 Å². The predicted octanol–water partition coefficient (Wildman–Crippen LogP) is 0.792. The third kappa shape index (κ3) is 3.91. The number of ether oxygens (including phenoxy) is 3. The molecule has 11 nitrogen and oxygen atoms in total. The van der Waals surface area contributed by atoms with E-state index in [0.717, 1.165) is 12.1 Å². The molecular weight excluding hydrogens is 440 g/mol. The summed E-state index contributed by atoms with van der Waals surface area (Å²) in [5.41, 5.74) is -0.818. The van der Waals surface area contributed by atoms with Crippen molar-refractivity contribution in [3.63, 3.8) is 0 Å². The SMILES string of the molecule is COc1cc(-c2oc3cc(O)cc(O)c3c(=O)c2O[C@@H]2OC(C)[C@H](O)[C@H](O)C2O)ccc1O. The largest absolute Gasteiger partial charge is 0.508 e. The summed E-state index contributed by atoms with van der Waals surface area (Å²) in [6.45, 7) is 1.44. The number of hydrogen-bond acceptors (Lipinski definition) is 11. The lowest BCUT2D eigenvalue weighted by Crippen LogP contribution is -2.58. The Morgan fingerprint density at radius 3 is 2.36 bits per heavy atom. The number of methoxy groups -OCH3 is 1. The lowest BCUT2D eigenvalue weighted by molar-refractivity contribution is -0.268. The van der Waals surface area contributed by atoms with Crippen LogP contribution in [0.3, 0.4) is 0 Å². The van der Waals surface area contributed by atoms with E-state index >= 15 is 0 Å². The maximum Gasteiger partial charge on any atom is 0.239 e. The van der Waals surface area contributed by atoms with Gasteiger partial charge in [0, 0.05) is 17.7 Å². The van der Waals surface area contributed by atoms with Gasteiger partial charge in [0.1, 0.15) is 40.8 Å². The lowest BCUT2D eigenvalue weighted by atomic mass is 10.00. The van der Waals surface area contributed by atoms with Gasteiger partial charge in [-0.3, -0.25) is 4.79 Å². The van der Waals surface area contributed by atoms with Gasteiger partial charge in [-0.25, -0.2) is 0 Å². The summed E-state index contributed by atoms with van der Waals surface area (Å²) >= 11 is 0. The van der Waals surface area contributed by atoms with E-state index in [-0.39, 0.29) is 39.5 Å². The van der Waals surface area contributed by atoms with Gasteiger partial charge in [0.2, 0.25) is 17.5 Å². The van der Waals surface area contributed by atoms with Crippen molar-refractivity contribution in [1.29, 1.82) is 0 Å². The Hall–Kier alpha value is -3.51. The number of aliphatic hydroxyl groups is 3. The summed E-state index contributed by atoms with van der Waals surface area (Å²) in [7, 11) is 1.32. The number of benzene rings is 2. The van der Waals surface area contributed by atoms with Crippen molar-refractivity contribution in [3.05, 3.63) is 40.6 Å². The van der Waals surface area contributed by atoms with Crippen molar-refractivity contribution in [2.75, 3.05) is 7.11 Å². The van der Waals surface area contributed by atoms with Gasteiger partial charge in [-0.1, -0.05) is 0 Å². The molecule has 4 rings (SSSR count). The minimum absolute atomic E-state index is 0.0565. The second kappa shape index (κ2) is 8.45. The van der Waals surface area contributed by atoms with Gasteiger partial charge in [0.25, 0.3) is 0 Å². The van der Waals surface area contributed by atoms with Crippen molar-refractivity contribution >= 4 is 11.0 Å². The fraction of sp³-hybridized carbons (Fsp3) is 0.318. The molecule has 2 unspecified atom stereocenters. The number of phenols is 3. The smallest absolute Gasteiger partial charge is 0.239 e. The molecule has 1 saturated heterocycles. The first-order valence-corrected chi connectivity index (χ1v) is 9.88. The van der Waals surface area contributed by atoms with Crippen molar-refractivity contribution in [2.45, 2.75) is 37.6 Å². The molecule has 2 aromatic carbocycles. The molecule has 33 heavy (non-hydrogen) atoms. The van der Waals surface area contributed by atoms with E-state index in [9.17, 15) is 35.4 Å². The van der Waals surface area contributed by atoms with Gasteiger partial charge in [-0.2, -0.15) is 0 Å². The normalized spacial score (nSPS) is 25.2. The summed E-state index contributed by atoms with van der Waals surface area (Å²) in [6.07, 6.45) is -7.24. The topological polar surface area (TPSA) is 179 Å². The van der Waals surface area contributed by atoms with E-state index in [2.05, 4.69) is 0 Å². The molecule has 0 aliphatic carbocycles. The van der Waals surface area contributed by atoms with Gasteiger partial charge in [0.05, 0.1) is 13.2 Å². The molecule has 1 aliphatic heterocycles. The van der Waals surface area contributed by atoms with Crippen LogP contribution in [0.4, 0.5) is 0 Å². The Kier molecular flexibility index (Phi) is 5.80. The average Bonchev–Trinajstić information content (AvgIpc) is 2.77. The zero-order valence-electron chi connectivity index (χ0n) is 17.5. The van der Waals surface area contributed by atoms with Crippen molar-refractivity contribution < 1.29 is 49.3 Å². The van der Waals surface area contributed by atoms with E-state index in [1.165, 1.54) is 32.2 Å². The van der Waals surface area contributed by atoms with Gasteiger partial charge in [-0.05, 0) is 25.1 Å². The zero-order valence-corrected chi connectivity index (χ0v) is 17.5. The highest BCUT2D eigenvalue weighted by molar-refractivity contribution is 5.88. The van der Waals surface area contributed by atoms with E-state index in [1.54, 1.807) is 0 Å². The second-order valence-electron chi connectivity index (χ2n) is 7.61. The summed E-state index contributed by atoms with van der Waals surface area (Å²) in [6, 6.07) is 6.11. The minimum atomic E-state index is -1.72. The highest BCUT2D eigenvalue weighted by Gasteiger charge is 2.44. The number of fused-ring (bicyclic) bond motifs is 1. The Balaban J connectivity index is 1.93. The number of hydrogen-bond donors (Lipinski definition) is 6. The standard InChI is InChI=1S/C22H22O11/c1-8-16(26)18(28)19(29)22(31-8)33-21-17(27)15-12(25)6-10(23)7-14(15)32-20(21)9-3-4-11(24)13(5-9)30-2/h3-8,16,18-19,22-26,28-29H,1-2H3/t8?,16-,18-,19?,22-/m0/s1. The highest BCUT2D eigenvalue weighted by atomic mass is 16.7. The Morgan fingerprint density at radius 1 is 0.939 bits per heavy atom. The molecule has 0 saturated carbocycles. The number of aliphatic hydroxyl groups excluding tert-OH is 3. The Bertz CT molecular complexity index is 1250. The molecule has 1 aromatic heterocycles. The maximum atomic E-state index is 13.3. The number of aromatic hydroxyl groups is 3. The lowest BCUT2D eigenvalue weighted by Gasteiger charge is -2.38. The first kappa shape index (κ1) is 22.7. The van der Waals surface area contributed by atoms with Crippen molar-refractivity contribution in [3.8, 4) is 40.1 Å². The monoisotopic (exact) mass is 462 g/mol. The molecule has 2 heterocycles. The molecule has 11 heteroatoms. The Labute approximate surface area is 186 Å². The quantitative estimate of drug-likeness (QED) is 0.323. The van der Waals surface area contributed by atoms with Gasteiger partial charge in [0.15, 0.2) is 17.3 Å². The predicted molar refractivity (Wildman–Crippen MR) is 112 cm³/mol. The van der Waals surface area contributed by atoms with Crippen LogP contribution < -0.4 is 14.9 Å². The molecular formula is C22H22O11. The van der Waals surface area contributed by atoms with Crippen LogP contribution in [-0.2, 0) is 4.74 Å². The first-order chi connectivity index (χ1) is 15.6. The third-order valence-electron chi connectivity index (χ3n) is 5.40. The number of rotatable bonds is 4. The molecule has 6 N–H and O–H groups in total. The first-order valence-electron chi connectivity index (χ1n) is 9.88. The van der Waals surface area contributed by atoms with Gasteiger partial charge < -0.3 is 49.3 Å². The van der Waals surface area contributed by atoms with Gasteiger partial charge >= 0.3 is 0 Å². The molecule has 1 aliphatic rings. The zero-order chi connectivity index (χ0) is 24.0. The van der Waals surface area contributed by atoms with Crippen LogP contribution in [0.15, 0.2) is 39.5 Å². The molecule has 0 amide bonds. The van der Waals surface area contributed by atoms with Crippen molar-refractivity contribution in [2.24, 2.45) is 0 Å². The fourth-order valence-electron chi connectivity index (χ4n) is 3.61. The van der Waals surface area contributed by atoms with E-state index in [0.29, 0.717) is 0 Å². The third-order valence-corrected chi connectivity index (χ3v) is 5.40. The van der Waals surface area contributed by atoms with Crippen LogP contribution in [0.25, 0.3) is 22.3 Å². The molecule has 1 fully saturated rings. The number of phenolic OH excluding ortho intramolecular Hbond substituents is 3. The summed E-state index contributed by atoms with van der Waals surface area (Å²) in [5.74, 6) is -1.74. The van der Waals surface area contributed by atoms with Crippen LogP contribution in [0.1, 0.15) is 6.92 Å². The van der Waals surface area contributed by atoms with Crippen molar-refractivity contribution in [1.82, 2.24) is 0 Å². The molecule has 5 atom stereocenters.